The fourth-order valence-electron chi connectivity index (χ4n) is 2.95. The molecule has 3 rings (SSSR count). The van der Waals surface area contributed by atoms with Crippen LogP contribution in [0.25, 0.3) is 0 Å². The van der Waals surface area contributed by atoms with Gasteiger partial charge in [0.2, 0.25) is 5.91 Å². The minimum absolute atomic E-state index is 0.0593. The summed E-state index contributed by atoms with van der Waals surface area (Å²) in [5.74, 6) is -0.144. The molecule has 1 N–H and O–H groups in total. The Bertz CT molecular complexity index is 673. The Morgan fingerprint density at radius 1 is 1.30 bits per heavy atom. The van der Waals surface area contributed by atoms with Gasteiger partial charge in [-0.15, -0.1) is 0 Å². The average molecular weight is 311 g/mol. The number of nitrogens with zero attached hydrogens (tertiary/aromatic N) is 2. The molecule has 0 atom stereocenters. The minimum atomic E-state index is -0.144. The first kappa shape index (κ1) is 15.6. The maximum Gasteiger partial charge on any atom is 0.250 e. The van der Waals surface area contributed by atoms with E-state index in [0.29, 0.717) is 0 Å². The van der Waals surface area contributed by atoms with E-state index in [2.05, 4.69) is 39.5 Å². The maximum atomic E-state index is 11.7. The van der Waals surface area contributed by atoms with E-state index >= 15 is 0 Å². The van der Waals surface area contributed by atoms with Crippen molar-refractivity contribution in [1.29, 1.82) is 0 Å². The molecule has 1 aromatic carbocycles. The first-order chi connectivity index (χ1) is 11.3. The van der Waals surface area contributed by atoms with Crippen LogP contribution in [0.3, 0.4) is 0 Å². The lowest BCUT2D eigenvalue weighted by Crippen LogP contribution is -2.31. The van der Waals surface area contributed by atoms with Gasteiger partial charge >= 0.3 is 0 Å². The standard InChI is InChI=1S/C18H21N3O2/c1-23-13-18(22)20-17-10-19-9-15-12-21(8-7-16(15)17)11-14-5-3-2-4-6-14/h2-6,9-10H,7-8,11-13H2,1H3,(H,20,22). The second kappa shape index (κ2) is 7.35. The number of benzene rings is 1. The van der Waals surface area contributed by atoms with Crippen molar-refractivity contribution in [3.05, 3.63) is 59.4 Å². The molecular formula is C18H21N3O2. The number of anilines is 1. The molecule has 0 spiro atoms. The van der Waals surface area contributed by atoms with Crippen molar-refractivity contribution in [3.63, 3.8) is 0 Å². The Morgan fingerprint density at radius 3 is 2.91 bits per heavy atom. The molecule has 1 aromatic heterocycles. The zero-order chi connectivity index (χ0) is 16.1. The molecule has 0 unspecified atom stereocenters. The molecule has 1 aliphatic rings. The predicted octanol–water partition coefficient (Wildman–Crippen LogP) is 2.22. The second-order valence-electron chi connectivity index (χ2n) is 5.75. The molecule has 2 aromatic rings. The number of ether oxygens (including phenoxy) is 1. The van der Waals surface area contributed by atoms with Gasteiger partial charge in [0, 0.05) is 32.9 Å². The highest BCUT2D eigenvalue weighted by Crippen LogP contribution is 2.26. The highest BCUT2D eigenvalue weighted by atomic mass is 16.5. The van der Waals surface area contributed by atoms with Crippen molar-refractivity contribution in [2.45, 2.75) is 19.5 Å². The van der Waals surface area contributed by atoms with E-state index in [9.17, 15) is 4.79 Å². The molecule has 2 heterocycles. The van der Waals surface area contributed by atoms with Crippen LogP contribution in [0.4, 0.5) is 5.69 Å². The van der Waals surface area contributed by atoms with Crippen LogP contribution >= 0.6 is 0 Å². The van der Waals surface area contributed by atoms with Gasteiger partial charge in [-0.1, -0.05) is 30.3 Å². The van der Waals surface area contributed by atoms with Crippen molar-refractivity contribution >= 4 is 11.6 Å². The Kier molecular flexibility index (Phi) is 5.00. The number of rotatable bonds is 5. The summed E-state index contributed by atoms with van der Waals surface area (Å²) in [6.07, 6.45) is 4.53. The molecular weight excluding hydrogens is 290 g/mol. The van der Waals surface area contributed by atoms with Gasteiger partial charge in [-0.2, -0.15) is 0 Å². The summed E-state index contributed by atoms with van der Waals surface area (Å²) in [5, 5.41) is 2.89. The van der Waals surface area contributed by atoms with E-state index in [-0.39, 0.29) is 12.5 Å². The molecule has 1 aliphatic heterocycles. The third kappa shape index (κ3) is 3.94. The van der Waals surface area contributed by atoms with Crippen molar-refractivity contribution in [2.24, 2.45) is 0 Å². The molecule has 5 heteroatoms. The lowest BCUT2D eigenvalue weighted by molar-refractivity contribution is -0.119. The monoisotopic (exact) mass is 311 g/mol. The molecule has 0 saturated carbocycles. The molecule has 1 amide bonds. The molecule has 0 fully saturated rings. The summed E-state index contributed by atoms with van der Waals surface area (Å²) in [6.45, 7) is 2.81. The van der Waals surface area contributed by atoms with Gasteiger partial charge in [0.05, 0.1) is 11.9 Å². The third-order valence-electron chi connectivity index (χ3n) is 4.02. The summed E-state index contributed by atoms with van der Waals surface area (Å²) >= 11 is 0. The lowest BCUT2D eigenvalue weighted by atomic mass is 9.99. The Labute approximate surface area is 136 Å². The number of aromatic nitrogens is 1. The largest absolute Gasteiger partial charge is 0.375 e. The van der Waals surface area contributed by atoms with Crippen LogP contribution in [-0.4, -0.2) is 36.1 Å². The summed E-state index contributed by atoms with van der Waals surface area (Å²) in [4.78, 5) is 18.4. The third-order valence-corrected chi connectivity index (χ3v) is 4.02. The van der Waals surface area contributed by atoms with Crippen LogP contribution in [-0.2, 0) is 29.0 Å². The van der Waals surface area contributed by atoms with Crippen LogP contribution in [0.15, 0.2) is 42.7 Å². The van der Waals surface area contributed by atoms with Crippen molar-refractivity contribution in [3.8, 4) is 0 Å². The minimum Gasteiger partial charge on any atom is -0.375 e. The highest BCUT2D eigenvalue weighted by molar-refractivity contribution is 5.92. The van der Waals surface area contributed by atoms with Crippen molar-refractivity contribution in [2.75, 3.05) is 25.6 Å². The Hall–Kier alpha value is -2.24. The first-order valence-electron chi connectivity index (χ1n) is 7.77. The number of hydrogen-bond donors (Lipinski definition) is 1. The van der Waals surface area contributed by atoms with E-state index in [1.807, 2.05) is 12.3 Å². The zero-order valence-corrected chi connectivity index (χ0v) is 13.3. The number of hydrogen-bond acceptors (Lipinski definition) is 4. The summed E-state index contributed by atoms with van der Waals surface area (Å²) in [7, 11) is 1.51. The molecule has 0 radical (unpaired) electrons. The fourth-order valence-corrected chi connectivity index (χ4v) is 2.95. The van der Waals surface area contributed by atoms with Gasteiger partial charge in [0.1, 0.15) is 6.61 Å². The topological polar surface area (TPSA) is 54.5 Å². The van der Waals surface area contributed by atoms with Gasteiger partial charge in [0.25, 0.3) is 0 Å². The van der Waals surface area contributed by atoms with E-state index in [1.54, 1.807) is 6.20 Å². The van der Waals surface area contributed by atoms with Gasteiger partial charge in [-0.05, 0) is 23.1 Å². The van der Waals surface area contributed by atoms with Crippen molar-refractivity contribution < 1.29 is 9.53 Å². The lowest BCUT2D eigenvalue weighted by Gasteiger charge is -2.29. The SMILES string of the molecule is COCC(=O)Nc1cncc2c1CCN(Cc1ccccc1)C2. The van der Waals surface area contributed by atoms with E-state index in [4.69, 9.17) is 4.74 Å². The maximum absolute atomic E-state index is 11.7. The van der Waals surface area contributed by atoms with Crippen LogP contribution in [0.2, 0.25) is 0 Å². The van der Waals surface area contributed by atoms with E-state index < -0.39 is 0 Å². The second-order valence-corrected chi connectivity index (χ2v) is 5.75. The predicted molar refractivity (Wildman–Crippen MR) is 89.0 cm³/mol. The highest BCUT2D eigenvalue weighted by Gasteiger charge is 2.20. The molecule has 0 aliphatic carbocycles. The Balaban J connectivity index is 1.70. The van der Waals surface area contributed by atoms with Gasteiger partial charge < -0.3 is 10.1 Å². The number of methoxy groups -OCH3 is 1. The summed E-state index contributed by atoms with van der Waals surface area (Å²) in [6, 6.07) is 10.5. The molecule has 0 saturated heterocycles. The van der Waals surface area contributed by atoms with Gasteiger partial charge in [-0.3, -0.25) is 14.7 Å². The van der Waals surface area contributed by atoms with Crippen LogP contribution in [0.1, 0.15) is 16.7 Å². The number of fused-ring (bicyclic) bond motifs is 1. The van der Waals surface area contributed by atoms with Gasteiger partial charge in [0.15, 0.2) is 0 Å². The zero-order valence-electron chi connectivity index (χ0n) is 13.3. The first-order valence-corrected chi connectivity index (χ1v) is 7.77. The number of amides is 1. The summed E-state index contributed by atoms with van der Waals surface area (Å²) < 4.78 is 4.86. The van der Waals surface area contributed by atoms with Gasteiger partial charge in [-0.25, -0.2) is 0 Å². The Morgan fingerprint density at radius 2 is 2.13 bits per heavy atom. The molecule has 120 valence electrons. The number of nitrogens with one attached hydrogen (secondary N) is 1. The van der Waals surface area contributed by atoms with E-state index in [0.717, 1.165) is 31.7 Å². The number of carbonyl (C=O) groups excluding carboxylic acids is 1. The normalized spacial score (nSPS) is 14.3. The van der Waals surface area contributed by atoms with Crippen molar-refractivity contribution in [1.82, 2.24) is 9.88 Å². The number of pyridine rings is 1. The van der Waals surface area contributed by atoms with Crippen LogP contribution in [0.5, 0.6) is 0 Å². The molecule has 23 heavy (non-hydrogen) atoms. The quantitative estimate of drug-likeness (QED) is 0.920. The average Bonchev–Trinajstić information content (AvgIpc) is 2.56. The number of carbonyl (C=O) groups is 1. The molecule has 0 bridgehead atoms. The smallest absolute Gasteiger partial charge is 0.250 e. The van der Waals surface area contributed by atoms with Crippen LogP contribution < -0.4 is 5.32 Å². The van der Waals surface area contributed by atoms with E-state index in [1.165, 1.54) is 23.8 Å². The summed E-state index contributed by atoms with van der Waals surface area (Å²) in [5.41, 5.74) is 4.49. The van der Waals surface area contributed by atoms with Crippen LogP contribution in [0, 0.1) is 0 Å². The fraction of sp³-hybridized carbons (Fsp3) is 0.333. The molecule has 5 nitrogen and oxygen atoms in total.